The van der Waals surface area contributed by atoms with Crippen LogP contribution in [0.15, 0.2) is 67.0 Å². The molecule has 4 rings (SSSR count). The Balaban J connectivity index is 1.28. The van der Waals surface area contributed by atoms with Crippen molar-refractivity contribution in [3.8, 4) is 17.4 Å². The summed E-state index contributed by atoms with van der Waals surface area (Å²) in [5.41, 5.74) is 2.22. The van der Waals surface area contributed by atoms with Gasteiger partial charge >= 0.3 is 6.01 Å². The first-order valence-electron chi connectivity index (χ1n) is 9.50. The summed E-state index contributed by atoms with van der Waals surface area (Å²) >= 11 is 0. The Labute approximate surface area is 159 Å². The third-order valence-corrected chi connectivity index (χ3v) is 5.11. The van der Waals surface area contributed by atoms with E-state index in [1.807, 2.05) is 41.1 Å². The number of rotatable bonds is 6. The number of ether oxygens (including phenoxy) is 1. The van der Waals surface area contributed by atoms with Crippen LogP contribution in [0.1, 0.15) is 18.4 Å². The lowest BCUT2D eigenvalue weighted by Crippen LogP contribution is -2.35. The first-order valence-corrected chi connectivity index (χ1v) is 9.50. The lowest BCUT2D eigenvalue weighted by molar-refractivity contribution is 0.131. The molecule has 3 aromatic rings. The Bertz CT molecular complexity index is 855. The van der Waals surface area contributed by atoms with Crippen molar-refractivity contribution < 1.29 is 9.84 Å². The highest BCUT2D eigenvalue weighted by atomic mass is 16.5. The maximum Gasteiger partial charge on any atom is 0.300 e. The summed E-state index contributed by atoms with van der Waals surface area (Å²) in [6.07, 6.45) is 5.94. The van der Waals surface area contributed by atoms with E-state index >= 15 is 0 Å². The van der Waals surface area contributed by atoms with Crippen LogP contribution in [0, 0.1) is 5.92 Å². The summed E-state index contributed by atoms with van der Waals surface area (Å²) in [5.74, 6) is 0.885. The molecule has 1 aromatic heterocycles. The van der Waals surface area contributed by atoms with Crippen LogP contribution in [0.4, 0.5) is 0 Å². The molecule has 2 heterocycles. The Morgan fingerprint density at radius 2 is 1.85 bits per heavy atom. The molecule has 1 saturated heterocycles. The molecule has 0 aliphatic carbocycles. The fraction of sp³-hybridized carbons (Fsp3) is 0.318. The molecule has 0 amide bonds. The van der Waals surface area contributed by atoms with Gasteiger partial charge in [-0.25, -0.2) is 4.98 Å². The van der Waals surface area contributed by atoms with Gasteiger partial charge in [0.2, 0.25) is 0 Å². The van der Waals surface area contributed by atoms with Crippen molar-refractivity contribution in [3.05, 3.63) is 72.6 Å². The van der Waals surface area contributed by atoms with Crippen molar-refractivity contribution in [2.24, 2.45) is 5.92 Å². The monoisotopic (exact) mass is 363 g/mol. The van der Waals surface area contributed by atoms with Crippen LogP contribution < -0.4 is 4.74 Å². The van der Waals surface area contributed by atoms with E-state index in [-0.39, 0.29) is 0 Å². The first-order chi connectivity index (χ1) is 13.3. The quantitative estimate of drug-likeness (QED) is 0.722. The van der Waals surface area contributed by atoms with E-state index in [4.69, 9.17) is 4.74 Å². The van der Waals surface area contributed by atoms with Gasteiger partial charge in [0.1, 0.15) is 5.75 Å². The number of imidazole rings is 1. The van der Waals surface area contributed by atoms with Crippen LogP contribution in [0.5, 0.6) is 11.8 Å². The van der Waals surface area contributed by atoms with Crippen molar-refractivity contribution in [2.45, 2.75) is 19.4 Å². The maximum absolute atomic E-state index is 9.61. The highest BCUT2D eigenvalue weighted by Crippen LogP contribution is 2.22. The van der Waals surface area contributed by atoms with Gasteiger partial charge in [-0.3, -0.25) is 9.47 Å². The van der Waals surface area contributed by atoms with Gasteiger partial charge in [0.05, 0.1) is 12.3 Å². The summed E-state index contributed by atoms with van der Waals surface area (Å²) in [6.45, 7) is 3.69. The fourth-order valence-corrected chi connectivity index (χ4v) is 3.60. The number of aromatic nitrogens is 2. The Morgan fingerprint density at radius 1 is 1.04 bits per heavy atom. The van der Waals surface area contributed by atoms with Crippen LogP contribution >= 0.6 is 0 Å². The summed E-state index contributed by atoms with van der Waals surface area (Å²) < 4.78 is 8.02. The normalized spacial score (nSPS) is 15.7. The molecule has 0 radical (unpaired) electrons. The smallest absolute Gasteiger partial charge is 0.300 e. The molecule has 2 aromatic carbocycles. The lowest BCUT2D eigenvalue weighted by atomic mass is 9.97. The standard InChI is InChI=1S/C22H25N3O2/c26-21-8-4-5-19(15-21)16-24-12-9-18(10-13-24)17-27-22-23-11-14-25(22)20-6-2-1-3-7-20/h1-8,11,14-15,18,26H,9-10,12-13,16-17H2. The molecule has 0 atom stereocenters. The molecule has 1 aliphatic heterocycles. The van der Waals surface area contributed by atoms with Crippen LogP contribution in [0.25, 0.3) is 5.69 Å². The van der Waals surface area contributed by atoms with Crippen molar-refractivity contribution in [1.82, 2.24) is 14.5 Å². The van der Waals surface area contributed by atoms with E-state index in [9.17, 15) is 5.11 Å². The van der Waals surface area contributed by atoms with E-state index < -0.39 is 0 Å². The number of hydrogen-bond acceptors (Lipinski definition) is 4. The molecular formula is C22H25N3O2. The first kappa shape index (κ1) is 17.6. The van der Waals surface area contributed by atoms with E-state index in [0.717, 1.165) is 43.7 Å². The molecule has 0 spiro atoms. The number of benzene rings is 2. The predicted octanol–water partition coefficient (Wildman–Crippen LogP) is 3.87. The molecule has 1 N–H and O–H groups in total. The molecule has 0 bridgehead atoms. The third-order valence-electron chi connectivity index (χ3n) is 5.11. The molecule has 5 heteroatoms. The number of para-hydroxylation sites is 1. The Morgan fingerprint density at radius 3 is 2.63 bits per heavy atom. The molecule has 1 aliphatic rings. The number of aromatic hydroxyl groups is 1. The van der Waals surface area contributed by atoms with Crippen molar-refractivity contribution in [3.63, 3.8) is 0 Å². The summed E-state index contributed by atoms with van der Waals surface area (Å²) in [7, 11) is 0. The highest BCUT2D eigenvalue weighted by Gasteiger charge is 2.20. The maximum atomic E-state index is 9.61. The van der Waals surface area contributed by atoms with E-state index in [0.29, 0.717) is 24.3 Å². The zero-order valence-corrected chi connectivity index (χ0v) is 15.4. The Hall–Kier alpha value is -2.79. The van der Waals surface area contributed by atoms with Gasteiger partial charge in [0, 0.05) is 18.9 Å². The van der Waals surface area contributed by atoms with Crippen molar-refractivity contribution in [2.75, 3.05) is 19.7 Å². The molecule has 0 saturated carbocycles. The van der Waals surface area contributed by atoms with Crippen molar-refractivity contribution in [1.29, 1.82) is 0 Å². The molecule has 5 nitrogen and oxygen atoms in total. The molecular weight excluding hydrogens is 338 g/mol. The lowest BCUT2D eigenvalue weighted by Gasteiger charge is -2.31. The fourth-order valence-electron chi connectivity index (χ4n) is 3.60. The van der Waals surface area contributed by atoms with E-state index in [2.05, 4.69) is 28.1 Å². The predicted molar refractivity (Wildman–Crippen MR) is 105 cm³/mol. The zero-order chi connectivity index (χ0) is 18.5. The number of phenolic OH excluding ortho intramolecular Hbond substituents is 1. The van der Waals surface area contributed by atoms with Crippen molar-refractivity contribution >= 4 is 0 Å². The van der Waals surface area contributed by atoms with Gasteiger partial charge < -0.3 is 9.84 Å². The van der Waals surface area contributed by atoms with Gasteiger partial charge in [0.25, 0.3) is 0 Å². The van der Waals surface area contributed by atoms with Crippen LogP contribution in [0.2, 0.25) is 0 Å². The van der Waals surface area contributed by atoms with Gasteiger partial charge in [0.15, 0.2) is 0 Å². The molecule has 1 fully saturated rings. The van der Waals surface area contributed by atoms with Gasteiger partial charge in [-0.2, -0.15) is 0 Å². The molecule has 140 valence electrons. The number of phenols is 1. The average Bonchev–Trinajstić information content (AvgIpc) is 3.17. The molecule has 0 unspecified atom stereocenters. The summed E-state index contributed by atoms with van der Waals surface area (Å²) in [6, 6.07) is 18.3. The summed E-state index contributed by atoms with van der Waals surface area (Å²) in [5, 5.41) is 9.61. The highest BCUT2D eigenvalue weighted by molar-refractivity contribution is 5.34. The van der Waals surface area contributed by atoms with Gasteiger partial charge in [-0.1, -0.05) is 30.3 Å². The average molecular weight is 363 g/mol. The SMILES string of the molecule is Oc1cccc(CN2CCC(COc3nccn3-c3ccccc3)CC2)c1. The van der Waals surface area contributed by atoms with Gasteiger partial charge in [-0.05, 0) is 61.7 Å². The van der Waals surface area contributed by atoms with Crippen LogP contribution in [-0.2, 0) is 6.54 Å². The Kier molecular flexibility index (Phi) is 5.39. The second kappa shape index (κ2) is 8.27. The largest absolute Gasteiger partial charge is 0.508 e. The van der Waals surface area contributed by atoms with Gasteiger partial charge in [-0.15, -0.1) is 0 Å². The second-order valence-electron chi connectivity index (χ2n) is 7.12. The van der Waals surface area contributed by atoms with Crippen LogP contribution in [-0.4, -0.2) is 39.3 Å². The minimum absolute atomic E-state index is 0.338. The van der Waals surface area contributed by atoms with E-state index in [1.165, 1.54) is 0 Å². The second-order valence-corrected chi connectivity index (χ2v) is 7.12. The minimum Gasteiger partial charge on any atom is -0.508 e. The topological polar surface area (TPSA) is 50.5 Å². The number of hydrogen-bond donors (Lipinski definition) is 1. The summed E-state index contributed by atoms with van der Waals surface area (Å²) in [4.78, 5) is 6.80. The minimum atomic E-state index is 0.338. The van der Waals surface area contributed by atoms with E-state index in [1.54, 1.807) is 12.3 Å². The van der Waals surface area contributed by atoms with Crippen LogP contribution in [0.3, 0.4) is 0 Å². The number of piperidine rings is 1. The zero-order valence-electron chi connectivity index (χ0n) is 15.4. The number of likely N-dealkylation sites (tertiary alicyclic amines) is 1. The molecule has 27 heavy (non-hydrogen) atoms. The third kappa shape index (κ3) is 4.49. The number of nitrogens with zero attached hydrogens (tertiary/aromatic N) is 3.